The molecule has 0 unspecified atom stereocenters. The van der Waals surface area contributed by atoms with Crippen molar-refractivity contribution in [2.75, 3.05) is 19.6 Å². The van der Waals surface area contributed by atoms with Gasteiger partial charge in [-0.2, -0.15) is 0 Å². The van der Waals surface area contributed by atoms with Gasteiger partial charge in [-0.1, -0.05) is 6.42 Å². The first-order chi connectivity index (χ1) is 9.16. The van der Waals surface area contributed by atoms with Crippen LogP contribution in [0, 0.1) is 6.92 Å². The van der Waals surface area contributed by atoms with Gasteiger partial charge < -0.3 is 9.88 Å². The second kappa shape index (κ2) is 4.96. The summed E-state index contributed by atoms with van der Waals surface area (Å²) in [5.41, 5.74) is 1.44. The van der Waals surface area contributed by atoms with E-state index in [9.17, 15) is 4.79 Å². The number of nitrogens with one attached hydrogen (secondary N) is 1. The molecule has 1 aromatic heterocycles. The highest BCUT2D eigenvalue weighted by Crippen LogP contribution is 2.25. The molecule has 1 aromatic rings. The fourth-order valence-electron chi connectivity index (χ4n) is 3.22. The van der Waals surface area contributed by atoms with Gasteiger partial charge in [0.25, 0.3) is 5.91 Å². The Morgan fingerprint density at radius 3 is 2.84 bits per heavy atom. The Labute approximate surface area is 114 Å². The van der Waals surface area contributed by atoms with Gasteiger partial charge in [-0.05, 0) is 33.2 Å². The fourth-order valence-corrected chi connectivity index (χ4v) is 3.22. The maximum atomic E-state index is 12.2. The van der Waals surface area contributed by atoms with Crippen LogP contribution in [0.5, 0.6) is 0 Å². The quantitative estimate of drug-likeness (QED) is 0.877. The average molecular weight is 262 g/mol. The van der Waals surface area contributed by atoms with Crippen molar-refractivity contribution >= 4 is 5.91 Å². The zero-order valence-electron chi connectivity index (χ0n) is 11.7. The maximum Gasteiger partial charge on any atom is 0.274 e. The molecule has 0 radical (unpaired) electrons. The minimum Gasteiger partial charge on any atom is -0.348 e. The molecule has 0 spiro atoms. The lowest BCUT2D eigenvalue weighted by molar-refractivity contribution is 0.00180. The van der Waals surface area contributed by atoms with Crippen molar-refractivity contribution in [3.63, 3.8) is 0 Å². The number of hydrogen-bond acceptors (Lipinski definition) is 3. The van der Waals surface area contributed by atoms with Gasteiger partial charge in [-0.15, -0.1) is 0 Å². The van der Waals surface area contributed by atoms with Gasteiger partial charge in [-0.3, -0.25) is 9.69 Å². The number of piperidine rings is 1. The van der Waals surface area contributed by atoms with Crippen molar-refractivity contribution in [3.8, 4) is 0 Å². The highest BCUT2D eigenvalue weighted by Gasteiger charge is 2.38. The van der Waals surface area contributed by atoms with E-state index in [4.69, 9.17) is 0 Å². The Hall–Kier alpha value is -1.36. The summed E-state index contributed by atoms with van der Waals surface area (Å²) in [7, 11) is 0. The molecule has 2 fully saturated rings. The van der Waals surface area contributed by atoms with E-state index in [1.165, 1.54) is 25.8 Å². The van der Waals surface area contributed by atoms with E-state index in [0.717, 1.165) is 18.8 Å². The molecule has 0 bridgehead atoms. The van der Waals surface area contributed by atoms with E-state index in [1.54, 1.807) is 6.33 Å². The predicted molar refractivity (Wildman–Crippen MR) is 73.0 cm³/mol. The van der Waals surface area contributed by atoms with Gasteiger partial charge >= 0.3 is 0 Å². The summed E-state index contributed by atoms with van der Waals surface area (Å²) in [6, 6.07) is 1.22. The fraction of sp³-hybridized carbons (Fsp3) is 0.714. The number of nitrogens with zero attached hydrogens (tertiary/aromatic N) is 3. The third-order valence-electron chi connectivity index (χ3n) is 4.51. The number of hydrogen-bond donors (Lipinski definition) is 1. The van der Waals surface area contributed by atoms with Crippen molar-refractivity contribution < 1.29 is 4.79 Å². The van der Waals surface area contributed by atoms with E-state index in [-0.39, 0.29) is 5.91 Å². The van der Waals surface area contributed by atoms with Gasteiger partial charge in [0, 0.05) is 30.9 Å². The number of aromatic amines is 1. The molecule has 1 N–H and O–H groups in total. The number of likely N-dealkylation sites (tertiary alicyclic amines) is 2. The molecule has 2 aliphatic heterocycles. The largest absolute Gasteiger partial charge is 0.348 e. The molecule has 0 aliphatic carbocycles. The standard InChI is InChI=1S/C14H22N4O/c1-10-5-3-4-6-18(10)12-7-17(8-12)14(19)13-11(2)15-9-16-13/h9-10,12H,3-8H2,1-2H3,(H,15,16)/t10-/m1/s1. The zero-order valence-corrected chi connectivity index (χ0v) is 11.7. The topological polar surface area (TPSA) is 52.2 Å². The van der Waals surface area contributed by atoms with Gasteiger partial charge in [0.05, 0.1) is 6.33 Å². The third-order valence-corrected chi connectivity index (χ3v) is 4.51. The van der Waals surface area contributed by atoms with E-state index in [0.29, 0.717) is 17.8 Å². The van der Waals surface area contributed by atoms with E-state index >= 15 is 0 Å². The molecule has 2 saturated heterocycles. The maximum absolute atomic E-state index is 12.2. The van der Waals surface area contributed by atoms with Crippen molar-refractivity contribution in [2.24, 2.45) is 0 Å². The number of rotatable bonds is 2. The van der Waals surface area contributed by atoms with Crippen LogP contribution in [0.3, 0.4) is 0 Å². The number of aromatic nitrogens is 2. The normalized spacial score (nSPS) is 25.4. The van der Waals surface area contributed by atoms with Crippen molar-refractivity contribution in [2.45, 2.75) is 45.2 Å². The lowest BCUT2D eigenvalue weighted by Gasteiger charge is -2.49. The molecular weight excluding hydrogens is 240 g/mol. The van der Waals surface area contributed by atoms with E-state index in [2.05, 4.69) is 21.8 Å². The SMILES string of the molecule is Cc1[nH]cnc1C(=O)N1CC(N2CCCC[C@H]2C)C1. The number of carbonyl (C=O) groups is 1. The molecule has 1 atom stereocenters. The van der Waals surface area contributed by atoms with Crippen molar-refractivity contribution in [3.05, 3.63) is 17.7 Å². The Bertz CT molecular complexity index is 464. The molecular formula is C14H22N4O. The number of imidazole rings is 1. The highest BCUT2D eigenvalue weighted by atomic mass is 16.2. The molecule has 5 nitrogen and oxygen atoms in total. The van der Waals surface area contributed by atoms with Crippen LogP contribution < -0.4 is 0 Å². The summed E-state index contributed by atoms with van der Waals surface area (Å²) >= 11 is 0. The van der Waals surface area contributed by atoms with Crippen LogP contribution in [0.4, 0.5) is 0 Å². The number of H-pyrrole nitrogens is 1. The van der Waals surface area contributed by atoms with Crippen LogP contribution >= 0.6 is 0 Å². The van der Waals surface area contributed by atoms with Crippen LogP contribution in [0.2, 0.25) is 0 Å². The third kappa shape index (κ3) is 2.27. The minimum atomic E-state index is 0.0691. The average Bonchev–Trinajstić information content (AvgIpc) is 2.76. The summed E-state index contributed by atoms with van der Waals surface area (Å²) in [6.45, 7) is 7.10. The number of carbonyl (C=O) groups excluding carboxylic acids is 1. The molecule has 3 heterocycles. The van der Waals surface area contributed by atoms with Crippen molar-refractivity contribution in [1.29, 1.82) is 0 Å². The van der Waals surface area contributed by atoms with Gasteiger partial charge in [-0.25, -0.2) is 4.98 Å². The Balaban J connectivity index is 1.58. The zero-order chi connectivity index (χ0) is 13.4. The minimum absolute atomic E-state index is 0.0691. The smallest absolute Gasteiger partial charge is 0.274 e. The molecule has 0 saturated carbocycles. The second-order valence-corrected chi connectivity index (χ2v) is 5.82. The van der Waals surface area contributed by atoms with E-state index in [1.807, 2.05) is 11.8 Å². The molecule has 1 amide bonds. The lowest BCUT2D eigenvalue weighted by atomic mass is 9.97. The first-order valence-electron chi connectivity index (χ1n) is 7.22. The Morgan fingerprint density at radius 2 is 2.21 bits per heavy atom. The van der Waals surface area contributed by atoms with Crippen molar-refractivity contribution in [1.82, 2.24) is 19.8 Å². The summed E-state index contributed by atoms with van der Waals surface area (Å²) < 4.78 is 0. The number of aryl methyl sites for hydroxylation is 1. The van der Waals surface area contributed by atoms with Crippen LogP contribution in [0.25, 0.3) is 0 Å². The highest BCUT2D eigenvalue weighted by molar-refractivity contribution is 5.93. The molecule has 5 heteroatoms. The summed E-state index contributed by atoms with van der Waals surface area (Å²) in [4.78, 5) is 23.8. The first-order valence-corrected chi connectivity index (χ1v) is 7.22. The second-order valence-electron chi connectivity index (χ2n) is 5.82. The van der Waals surface area contributed by atoms with Crippen LogP contribution in [-0.2, 0) is 0 Å². The summed E-state index contributed by atoms with van der Waals surface area (Å²) in [5.74, 6) is 0.0691. The van der Waals surface area contributed by atoms with Gasteiger partial charge in [0.2, 0.25) is 0 Å². The molecule has 104 valence electrons. The van der Waals surface area contributed by atoms with E-state index < -0.39 is 0 Å². The predicted octanol–water partition coefficient (Wildman–Crippen LogP) is 1.42. The Morgan fingerprint density at radius 1 is 1.42 bits per heavy atom. The van der Waals surface area contributed by atoms with Gasteiger partial charge in [0.15, 0.2) is 0 Å². The van der Waals surface area contributed by atoms with Crippen LogP contribution in [0.1, 0.15) is 42.4 Å². The van der Waals surface area contributed by atoms with Crippen LogP contribution in [-0.4, -0.2) is 57.4 Å². The summed E-state index contributed by atoms with van der Waals surface area (Å²) in [6.07, 6.45) is 5.53. The number of amides is 1. The van der Waals surface area contributed by atoms with Gasteiger partial charge in [0.1, 0.15) is 5.69 Å². The summed E-state index contributed by atoms with van der Waals surface area (Å²) in [5, 5.41) is 0. The molecule has 0 aromatic carbocycles. The molecule has 3 rings (SSSR count). The monoisotopic (exact) mass is 262 g/mol. The Kier molecular flexibility index (Phi) is 3.31. The lowest BCUT2D eigenvalue weighted by Crippen LogP contribution is -2.63. The molecule has 2 aliphatic rings. The molecule has 19 heavy (non-hydrogen) atoms. The first kappa shape index (κ1) is 12.7. The van der Waals surface area contributed by atoms with Crippen LogP contribution in [0.15, 0.2) is 6.33 Å².